The van der Waals surface area contributed by atoms with E-state index in [1.165, 1.54) is 6.07 Å². The van der Waals surface area contributed by atoms with Crippen LogP contribution in [0.15, 0.2) is 36.4 Å². The molecule has 0 radical (unpaired) electrons. The molecular weight excluding hydrogens is 315 g/mol. The van der Waals surface area contributed by atoms with Crippen LogP contribution in [-0.4, -0.2) is 6.54 Å². The Morgan fingerprint density at radius 3 is 2.48 bits per heavy atom. The van der Waals surface area contributed by atoms with Crippen LogP contribution in [0.4, 0.5) is 8.78 Å². The average Bonchev–Trinajstić information content (AvgIpc) is 2.44. The molecule has 1 atom stereocenters. The molecule has 0 heterocycles. The summed E-state index contributed by atoms with van der Waals surface area (Å²) in [6, 6.07) is 7.88. The average molecular weight is 330 g/mol. The first-order valence-electron chi connectivity index (χ1n) is 6.66. The lowest BCUT2D eigenvalue weighted by Gasteiger charge is -2.21. The third-order valence-electron chi connectivity index (χ3n) is 3.14. The molecule has 0 aliphatic rings. The smallest absolute Gasteiger partial charge is 0.128 e. The largest absolute Gasteiger partial charge is 0.306 e. The molecule has 0 aromatic heterocycles. The number of halogens is 4. The standard InChI is InChI=1S/C16H15Cl2F2N/c1-2-7-21-16(12-5-3-10(17)8-14(12)18)13-9-11(19)4-6-15(13)20/h3-6,8-9,16,21H,2,7H2,1H3. The Bertz CT molecular complexity index is 632. The summed E-state index contributed by atoms with van der Waals surface area (Å²) in [7, 11) is 0. The van der Waals surface area contributed by atoms with Crippen molar-refractivity contribution in [2.75, 3.05) is 6.54 Å². The molecule has 0 bridgehead atoms. The highest BCUT2D eigenvalue weighted by molar-refractivity contribution is 6.35. The van der Waals surface area contributed by atoms with Gasteiger partial charge in [-0.25, -0.2) is 8.78 Å². The summed E-state index contributed by atoms with van der Waals surface area (Å²) in [5.41, 5.74) is 0.895. The first-order valence-corrected chi connectivity index (χ1v) is 7.41. The molecule has 0 fully saturated rings. The predicted molar refractivity (Wildman–Crippen MR) is 83.0 cm³/mol. The summed E-state index contributed by atoms with van der Waals surface area (Å²) in [5, 5.41) is 4.11. The van der Waals surface area contributed by atoms with E-state index in [0.29, 0.717) is 22.2 Å². The van der Waals surface area contributed by atoms with Gasteiger partial charge in [0.05, 0.1) is 6.04 Å². The van der Waals surface area contributed by atoms with E-state index in [4.69, 9.17) is 23.2 Å². The van der Waals surface area contributed by atoms with Crippen LogP contribution in [0.3, 0.4) is 0 Å². The first-order chi connectivity index (χ1) is 10.0. The Morgan fingerprint density at radius 1 is 1.05 bits per heavy atom. The van der Waals surface area contributed by atoms with Crippen LogP contribution in [0.5, 0.6) is 0 Å². The van der Waals surface area contributed by atoms with Gasteiger partial charge in [-0.3, -0.25) is 0 Å². The molecule has 21 heavy (non-hydrogen) atoms. The van der Waals surface area contributed by atoms with Crippen molar-refractivity contribution in [3.8, 4) is 0 Å². The fourth-order valence-corrected chi connectivity index (χ4v) is 2.67. The van der Waals surface area contributed by atoms with Crippen molar-refractivity contribution in [2.24, 2.45) is 0 Å². The summed E-state index contributed by atoms with van der Waals surface area (Å²) in [6.07, 6.45) is 0.860. The Balaban J connectivity index is 2.49. The Labute approximate surface area is 132 Å². The minimum absolute atomic E-state index is 0.229. The van der Waals surface area contributed by atoms with Crippen molar-refractivity contribution in [3.63, 3.8) is 0 Å². The summed E-state index contributed by atoms with van der Waals surface area (Å²) in [5.74, 6) is -0.962. The lowest BCUT2D eigenvalue weighted by molar-refractivity contribution is 0.535. The Morgan fingerprint density at radius 2 is 1.81 bits per heavy atom. The van der Waals surface area contributed by atoms with Gasteiger partial charge in [-0.15, -0.1) is 0 Å². The van der Waals surface area contributed by atoms with Gasteiger partial charge in [-0.2, -0.15) is 0 Å². The molecule has 0 spiro atoms. The molecule has 112 valence electrons. The van der Waals surface area contributed by atoms with Gasteiger partial charge in [0.2, 0.25) is 0 Å². The van der Waals surface area contributed by atoms with Crippen LogP contribution in [0.2, 0.25) is 10.0 Å². The summed E-state index contributed by atoms with van der Waals surface area (Å²) >= 11 is 12.1. The van der Waals surface area contributed by atoms with Gasteiger partial charge in [0.15, 0.2) is 0 Å². The number of benzene rings is 2. The van der Waals surface area contributed by atoms with Crippen molar-refractivity contribution >= 4 is 23.2 Å². The normalized spacial score (nSPS) is 12.4. The zero-order chi connectivity index (χ0) is 15.4. The van der Waals surface area contributed by atoms with Crippen LogP contribution >= 0.6 is 23.2 Å². The number of rotatable bonds is 5. The molecule has 0 saturated carbocycles. The monoisotopic (exact) mass is 329 g/mol. The molecule has 5 heteroatoms. The van der Waals surface area contributed by atoms with Gasteiger partial charge in [0, 0.05) is 15.6 Å². The lowest BCUT2D eigenvalue weighted by atomic mass is 9.97. The summed E-state index contributed by atoms with van der Waals surface area (Å²) in [6.45, 7) is 2.65. The van der Waals surface area contributed by atoms with Crippen molar-refractivity contribution in [2.45, 2.75) is 19.4 Å². The molecule has 2 aromatic carbocycles. The van der Waals surface area contributed by atoms with Gasteiger partial charge in [0.1, 0.15) is 11.6 Å². The fraction of sp³-hybridized carbons (Fsp3) is 0.250. The van der Waals surface area contributed by atoms with Crippen molar-refractivity contribution in [1.82, 2.24) is 5.32 Å². The quantitative estimate of drug-likeness (QED) is 0.778. The van der Waals surface area contributed by atoms with E-state index in [1.807, 2.05) is 6.92 Å². The van der Waals surface area contributed by atoms with Gasteiger partial charge >= 0.3 is 0 Å². The maximum Gasteiger partial charge on any atom is 0.128 e. The van der Waals surface area contributed by atoms with Crippen LogP contribution in [0.25, 0.3) is 0 Å². The van der Waals surface area contributed by atoms with E-state index >= 15 is 0 Å². The minimum atomic E-state index is -0.523. The van der Waals surface area contributed by atoms with Crippen molar-refractivity contribution in [1.29, 1.82) is 0 Å². The van der Waals surface area contributed by atoms with E-state index in [-0.39, 0.29) is 5.56 Å². The Hall–Kier alpha value is -1.16. The highest BCUT2D eigenvalue weighted by Gasteiger charge is 2.20. The van der Waals surface area contributed by atoms with Crippen LogP contribution in [-0.2, 0) is 0 Å². The van der Waals surface area contributed by atoms with Gasteiger partial charge in [-0.05, 0) is 48.9 Å². The summed E-state index contributed by atoms with van der Waals surface area (Å²) in [4.78, 5) is 0. The number of nitrogens with one attached hydrogen (secondary N) is 1. The van der Waals surface area contributed by atoms with Gasteiger partial charge in [-0.1, -0.05) is 36.2 Å². The maximum atomic E-state index is 14.1. The molecule has 2 rings (SSSR count). The molecule has 1 unspecified atom stereocenters. The molecule has 0 saturated heterocycles. The third kappa shape index (κ3) is 3.94. The number of hydrogen-bond acceptors (Lipinski definition) is 1. The number of hydrogen-bond donors (Lipinski definition) is 1. The second-order valence-corrected chi connectivity index (χ2v) is 5.56. The highest BCUT2D eigenvalue weighted by atomic mass is 35.5. The van der Waals surface area contributed by atoms with E-state index in [2.05, 4.69) is 5.32 Å². The second-order valence-electron chi connectivity index (χ2n) is 4.72. The first kappa shape index (κ1) is 16.2. The molecule has 1 nitrogen and oxygen atoms in total. The van der Waals surface area contributed by atoms with Crippen LogP contribution in [0.1, 0.15) is 30.5 Å². The summed E-state index contributed by atoms with van der Waals surface area (Å²) < 4.78 is 27.5. The van der Waals surface area contributed by atoms with Crippen molar-refractivity contribution < 1.29 is 8.78 Å². The van der Waals surface area contributed by atoms with Crippen molar-refractivity contribution in [3.05, 3.63) is 69.2 Å². The van der Waals surface area contributed by atoms with Gasteiger partial charge < -0.3 is 5.32 Å². The zero-order valence-corrected chi connectivity index (χ0v) is 13.0. The topological polar surface area (TPSA) is 12.0 Å². The molecule has 0 aliphatic carbocycles. The highest BCUT2D eigenvalue weighted by Crippen LogP contribution is 2.32. The molecule has 1 N–H and O–H groups in total. The maximum absolute atomic E-state index is 14.1. The molecule has 0 aliphatic heterocycles. The van der Waals surface area contributed by atoms with E-state index < -0.39 is 17.7 Å². The van der Waals surface area contributed by atoms with E-state index in [9.17, 15) is 8.78 Å². The van der Waals surface area contributed by atoms with Gasteiger partial charge in [0.25, 0.3) is 0 Å². The fourth-order valence-electron chi connectivity index (χ4n) is 2.15. The van der Waals surface area contributed by atoms with E-state index in [1.54, 1.807) is 18.2 Å². The zero-order valence-electron chi connectivity index (χ0n) is 11.5. The van der Waals surface area contributed by atoms with Crippen LogP contribution in [0, 0.1) is 11.6 Å². The molecular formula is C16H15Cl2F2N. The SMILES string of the molecule is CCCNC(c1cc(F)ccc1F)c1ccc(Cl)cc1Cl. The lowest BCUT2D eigenvalue weighted by Crippen LogP contribution is -2.24. The molecule has 2 aromatic rings. The molecule has 0 amide bonds. The minimum Gasteiger partial charge on any atom is -0.306 e. The van der Waals surface area contributed by atoms with Crippen LogP contribution < -0.4 is 5.32 Å². The predicted octanol–water partition coefficient (Wildman–Crippen LogP) is 5.36. The third-order valence-corrected chi connectivity index (χ3v) is 3.70. The second kappa shape index (κ2) is 7.21. The Kier molecular flexibility index (Phi) is 5.57. The van der Waals surface area contributed by atoms with E-state index in [0.717, 1.165) is 18.6 Å².